The third kappa shape index (κ3) is 3.21. The Balaban J connectivity index is 1.65. The van der Waals surface area contributed by atoms with Gasteiger partial charge in [-0.2, -0.15) is 0 Å². The van der Waals surface area contributed by atoms with E-state index < -0.39 is 0 Å². The van der Waals surface area contributed by atoms with Crippen LogP contribution < -0.4 is 5.73 Å². The van der Waals surface area contributed by atoms with Crippen LogP contribution in [0.2, 0.25) is 0 Å². The molecule has 2 N–H and O–H groups in total. The van der Waals surface area contributed by atoms with Crippen molar-refractivity contribution in [1.82, 2.24) is 9.80 Å². The Hall–Kier alpha value is -0.750. The maximum Gasteiger partial charge on any atom is 0.246 e. The summed E-state index contributed by atoms with van der Waals surface area (Å²) in [4.78, 5) is 29.1. The fourth-order valence-corrected chi connectivity index (χ4v) is 4.85. The van der Waals surface area contributed by atoms with Crippen LogP contribution >= 0.6 is 11.8 Å². The van der Waals surface area contributed by atoms with Gasteiger partial charge < -0.3 is 15.5 Å². The second-order valence-electron chi connectivity index (χ2n) is 6.49. The summed E-state index contributed by atoms with van der Waals surface area (Å²) in [5, 5.41) is 0. The van der Waals surface area contributed by atoms with Gasteiger partial charge in [-0.1, -0.05) is 12.8 Å². The average Bonchev–Trinajstić information content (AvgIpc) is 3.17. The first-order chi connectivity index (χ1) is 10.2. The molecule has 118 valence electrons. The van der Waals surface area contributed by atoms with Crippen LogP contribution in [-0.4, -0.2) is 58.4 Å². The highest BCUT2D eigenvalue weighted by molar-refractivity contribution is 7.99. The molecule has 0 aromatic carbocycles. The van der Waals surface area contributed by atoms with Gasteiger partial charge >= 0.3 is 0 Å². The van der Waals surface area contributed by atoms with E-state index in [0.717, 1.165) is 50.8 Å². The summed E-state index contributed by atoms with van der Waals surface area (Å²) in [5.74, 6) is 1.88. The monoisotopic (exact) mass is 311 g/mol. The molecule has 21 heavy (non-hydrogen) atoms. The van der Waals surface area contributed by atoms with Crippen LogP contribution in [0.4, 0.5) is 0 Å². The fraction of sp³-hybridized carbons (Fsp3) is 0.867. The van der Waals surface area contributed by atoms with Gasteiger partial charge in [-0.3, -0.25) is 9.59 Å². The number of thioether (sulfide) groups is 1. The van der Waals surface area contributed by atoms with Crippen molar-refractivity contribution < 1.29 is 9.59 Å². The lowest BCUT2D eigenvalue weighted by Gasteiger charge is -2.35. The molecule has 0 aromatic rings. The summed E-state index contributed by atoms with van der Waals surface area (Å²) in [5.41, 5.74) is 5.98. The van der Waals surface area contributed by atoms with E-state index >= 15 is 0 Å². The van der Waals surface area contributed by atoms with Crippen molar-refractivity contribution in [2.45, 2.75) is 50.6 Å². The molecular formula is C15H25N3O2S. The molecule has 2 aliphatic heterocycles. The van der Waals surface area contributed by atoms with E-state index in [-0.39, 0.29) is 29.8 Å². The molecule has 2 unspecified atom stereocenters. The molecule has 3 fully saturated rings. The van der Waals surface area contributed by atoms with Crippen LogP contribution in [0.1, 0.15) is 38.5 Å². The molecule has 3 rings (SSSR count). The lowest BCUT2D eigenvalue weighted by Crippen LogP contribution is -2.54. The predicted octanol–water partition coefficient (Wildman–Crippen LogP) is 1.03. The van der Waals surface area contributed by atoms with E-state index in [1.807, 2.05) is 9.80 Å². The molecule has 0 radical (unpaired) electrons. The summed E-state index contributed by atoms with van der Waals surface area (Å²) >= 11 is 1.70. The summed E-state index contributed by atoms with van der Waals surface area (Å²) in [6, 6.07) is -0.163. The van der Waals surface area contributed by atoms with E-state index in [9.17, 15) is 9.59 Å². The third-order valence-corrected chi connectivity index (χ3v) is 5.94. The predicted molar refractivity (Wildman–Crippen MR) is 83.7 cm³/mol. The van der Waals surface area contributed by atoms with Gasteiger partial charge in [0, 0.05) is 30.8 Å². The second kappa shape index (κ2) is 6.57. The molecule has 1 saturated carbocycles. The lowest BCUT2D eigenvalue weighted by atomic mass is 10.0. The van der Waals surface area contributed by atoms with Gasteiger partial charge in [0.2, 0.25) is 11.8 Å². The number of rotatable bonds is 2. The molecule has 6 heteroatoms. The van der Waals surface area contributed by atoms with E-state index in [1.54, 1.807) is 11.8 Å². The number of hydrogen-bond acceptors (Lipinski definition) is 4. The van der Waals surface area contributed by atoms with Gasteiger partial charge in [0.05, 0.1) is 5.88 Å². The zero-order valence-electron chi connectivity index (χ0n) is 12.5. The second-order valence-corrected chi connectivity index (χ2v) is 7.49. The molecule has 3 aliphatic rings. The summed E-state index contributed by atoms with van der Waals surface area (Å²) < 4.78 is 0. The topological polar surface area (TPSA) is 66.6 Å². The van der Waals surface area contributed by atoms with Crippen molar-refractivity contribution in [2.75, 3.05) is 24.7 Å². The standard InChI is InChI=1S/C15H25N3O2S/c16-12-6-3-7-17(8-12)15(20)13-9-21-10-18(13)14(19)11-4-1-2-5-11/h11-13H,1-10,16H2. The quantitative estimate of drug-likeness (QED) is 0.827. The highest BCUT2D eigenvalue weighted by atomic mass is 32.2. The van der Waals surface area contributed by atoms with Crippen molar-refractivity contribution in [1.29, 1.82) is 0 Å². The number of piperidine rings is 1. The Morgan fingerprint density at radius 3 is 2.52 bits per heavy atom. The van der Waals surface area contributed by atoms with E-state index in [2.05, 4.69) is 0 Å². The molecule has 2 heterocycles. The first-order valence-corrected chi connectivity index (χ1v) is 9.25. The van der Waals surface area contributed by atoms with E-state index in [0.29, 0.717) is 12.4 Å². The average molecular weight is 311 g/mol. The Morgan fingerprint density at radius 1 is 1.05 bits per heavy atom. The minimum Gasteiger partial charge on any atom is -0.339 e. The van der Waals surface area contributed by atoms with Gasteiger partial charge in [-0.25, -0.2) is 0 Å². The molecule has 2 atom stereocenters. The Labute approximate surface area is 130 Å². The smallest absolute Gasteiger partial charge is 0.246 e. The minimum atomic E-state index is -0.256. The normalized spacial score (nSPS) is 30.9. The number of nitrogens with zero attached hydrogens (tertiary/aromatic N) is 2. The van der Waals surface area contributed by atoms with Crippen molar-refractivity contribution in [2.24, 2.45) is 11.7 Å². The van der Waals surface area contributed by atoms with Crippen molar-refractivity contribution in [3.05, 3.63) is 0 Å². The highest BCUT2D eigenvalue weighted by Crippen LogP contribution is 2.31. The van der Waals surface area contributed by atoms with Crippen LogP contribution in [0.3, 0.4) is 0 Å². The first kappa shape index (κ1) is 15.2. The van der Waals surface area contributed by atoms with Crippen LogP contribution in [0.25, 0.3) is 0 Å². The Kier molecular flexibility index (Phi) is 4.74. The molecule has 0 bridgehead atoms. The Morgan fingerprint density at radius 2 is 1.81 bits per heavy atom. The van der Waals surface area contributed by atoms with Gasteiger partial charge in [-0.05, 0) is 25.7 Å². The molecule has 5 nitrogen and oxygen atoms in total. The largest absolute Gasteiger partial charge is 0.339 e. The van der Waals surface area contributed by atoms with Crippen LogP contribution in [0, 0.1) is 5.92 Å². The van der Waals surface area contributed by atoms with Gasteiger partial charge in [0.1, 0.15) is 6.04 Å². The molecule has 2 saturated heterocycles. The van der Waals surface area contributed by atoms with Crippen molar-refractivity contribution in [3.8, 4) is 0 Å². The third-order valence-electron chi connectivity index (χ3n) is 4.92. The first-order valence-electron chi connectivity index (χ1n) is 8.09. The molecule has 0 spiro atoms. The number of carbonyl (C=O) groups excluding carboxylic acids is 2. The number of hydrogen-bond donors (Lipinski definition) is 1. The lowest BCUT2D eigenvalue weighted by molar-refractivity contribution is -0.146. The number of carbonyl (C=O) groups is 2. The summed E-state index contributed by atoms with van der Waals surface area (Å²) in [6.07, 6.45) is 6.26. The van der Waals surface area contributed by atoms with Gasteiger partial charge in [0.25, 0.3) is 0 Å². The molecular weight excluding hydrogens is 286 g/mol. The zero-order chi connectivity index (χ0) is 14.8. The van der Waals surface area contributed by atoms with Gasteiger partial charge in [0.15, 0.2) is 0 Å². The fourth-order valence-electron chi connectivity index (χ4n) is 3.69. The number of likely N-dealkylation sites (tertiary alicyclic amines) is 1. The van der Waals surface area contributed by atoms with E-state index in [4.69, 9.17) is 5.73 Å². The van der Waals surface area contributed by atoms with Crippen LogP contribution in [-0.2, 0) is 9.59 Å². The number of nitrogens with two attached hydrogens (primary N) is 1. The maximum atomic E-state index is 12.7. The summed E-state index contributed by atoms with van der Waals surface area (Å²) in [6.45, 7) is 1.44. The van der Waals surface area contributed by atoms with Crippen molar-refractivity contribution >= 4 is 23.6 Å². The zero-order valence-corrected chi connectivity index (χ0v) is 13.3. The minimum absolute atomic E-state index is 0.0933. The molecule has 1 aliphatic carbocycles. The van der Waals surface area contributed by atoms with E-state index in [1.165, 1.54) is 0 Å². The number of amides is 2. The van der Waals surface area contributed by atoms with Gasteiger partial charge in [-0.15, -0.1) is 11.8 Å². The van der Waals surface area contributed by atoms with Crippen molar-refractivity contribution in [3.63, 3.8) is 0 Å². The highest BCUT2D eigenvalue weighted by Gasteiger charge is 2.40. The molecule has 2 amide bonds. The maximum absolute atomic E-state index is 12.7. The SMILES string of the molecule is NC1CCCN(C(=O)C2CSCN2C(=O)C2CCCC2)C1. The Bertz CT molecular complexity index is 412. The molecule has 0 aromatic heterocycles. The van der Waals surface area contributed by atoms with Crippen LogP contribution in [0.15, 0.2) is 0 Å². The summed E-state index contributed by atoms with van der Waals surface area (Å²) in [7, 11) is 0. The van der Waals surface area contributed by atoms with Crippen LogP contribution in [0.5, 0.6) is 0 Å².